The topological polar surface area (TPSA) is 37.3 Å². The minimum Gasteiger partial charge on any atom is -0.480 e. The fraction of sp³-hybridized carbons (Fsp3) is 0.222. The zero-order valence-corrected chi connectivity index (χ0v) is 10.3. The molecule has 15 heavy (non-hydrogen) atoms. The van der Waals surface area contributed by atoms with Gasteiger partial charge in [-0.2, -0.15) is 0 Å². The van der Waals surface area contributed by atoms with Gasteiger partial charge in [-0.3, -0.25) is 4.79 Å². The fourth-order valence-electron chi connectivity index (χ4n) is 1.01. The summed E-state index contributed by atoms with van der Waals surface area (Å²) >= 11 is 23.0. The predicted molar refractivity (Wildman–Crippen MR) is 62.3 cm³/mol. The molecular weight excluding hydrogens is 282 g/mol. The predicted octanol–water partition coefficient (Wildman–Crippen LogP) is 3.97. The number of aliphatic carboxylic acids is 1. The van der Waals surface area contributed by atoms with Gasteiger partial charge in [0.1, 0.15) is 0 Å². The van der Waals surface area contributed by atoms with E-state index in [-0.39, 0.29) is 0 Å². The molecular formula is C9H6Cl4O2. The number of hydrogen-bond acceptors (Lipinski definition) is 1. The number of alkyl halides is 2. The number of rotatable bonds is 3. The van der Waals surface area contributed by atoms with Crippen molar-refractivity contribution in [3.8, 4) is 0 Å². The van der Waals surface area contributed by atoms with Gasteiger partial charge in [0.25, 0.3) is 0 Å². The summed E-state index contributed by atoms with van der Waals surface area (Å²) in [4.78, 5) is 10.6. The van der Waals surface area contributed by atoms with E-state index in [4.69, 9.17) is 51.5 Å². The molecule has 0 aromatic heterocycles. The number of benzene rings is 1. The molecule has 0 spiro atoms. The highest BCUT2D eigenvalue weighted by atomic mass is 35.5. The van der Waals surface area contributed by atoms with Gasteiger partial charge in [0.15, 0.2) is 5.38 Å². The van der Waals surface area contributed by atoms with Crippen molar-refractivity contribution in [2.45, 2.75) is 10.8 Å². The molecule has 0 saturated carbocycles. The van der Waals surface area contributed by atoms with E-state index in [0.717, 1.165) is 0 Å². The van der Waals surface area contributed by atoms with Crippen molar-refractivity contribution < 1.29 is 9.90 Å². The van der Waals surface area contributed by atoms with Crippen molar-refractivity contribution >= 4 is 52.4 Å². The van der Waals surface area contributed by atoms with E-state index in [9.17, 15) is 4.79 Å². The molecule has 0 aliphatic heterocycles. The van der Waals surface area contributed by atoms with Gasteiger partial charge in [-0.1, -0.05) is 29.3 Å². The Hall–Kier alpha value is -0.150. The Bertz CT molecular complexity index is 380. The Labute approximate surface area is 107 Å². The molecule has 0 fully saturated rings. The normalized spacial score (nSPS) is 14.7. The van der Waals surface area contributed by atoms with Crippen LogP contribution < -0.4 is 0 Å². The number of hydrogen-bond donors (Lipinski definition) is 1. The molecule has 0 amide bonds. The van der Waals surface area contributed by atoms with Gasteiger partial charge >= 0.3 is 5.97 Å². The van der Waals surface area contributed by atoms with E-state index >= 15 is 0 Å². The van der Waals surface area contributed by atoms with Crippen molar-refractivity contribution in [1.29, 1.82) is 0 Å². The summed E-state index contributed by atoms with van der Waals surface area (Å²) < 4.78 is 0. The average molecular weight is 288 g/mol. The maximum Gasteiger partial charge on any atom is 0.323 e. The van der Waals surface area contributed by atoms with Gasteiger partial charge in [-0.15, -0.1) is 23.2 Å². The largest absolute Gasteiger partial charge is 0.480 e. The summed E-state index contributed by atoms with van der Waals surface area (Å²) in [5.74, 6) is -1.19. The summed E-state index contributed by atoms with van der Waals surface area (Å²) in [6.07, 6.45) is 0. The maximum atomic E-state index is 10.6. The summed E-state index contributed by atoms with van der Waals surface area (Å²) in [5.41, 5.74) is 0.449. The van der Waals surface area contributed by atoms with E-state index in [0.29, 0.717) is 15.6 Å². The molecule has 0 aliphatic rings. The fourth-order valence-corrected chi connectivity index (χ4v) is 2.02. The van der Waals surface area contributed by atoms with Crippen LogP contribution in [0, 0.1) is 0 Å². The second-order valence-electron chi connectivity index (χ2n) is 2.81. The molecule has 6 heteroatoms. The molecule has 0 radical (unpaired) electrons. The molecule has 2 atom stereocenters. The monoisotopic (exact) mass is 286 g/mol. The number of halogens is 4. The SMILES string of the molecule is O=C(O)[C@@H](Cl)[C@@H](Cl)c1ccc(Cl)cc1Cl. The van der Waals surface area contributed by atoms with Crippen LogP contribution in [-0.4, -0.2) is 16.5 Å². The third kappa shape index (κ3) is 3.15. The van der Waals surface area contributed by atoms with Crippen molar-refractivity contribution in [2.75, 3.05) is 0 Å². The zero-order valence-electron chi connectivity index (χ0n) is 7.25. The van der Waals surface area contributed by atoms with Crippen LogP contribution in [0.25, 0.3) is 0 Å². The quantitative estimate of drug-likeness (QED) is 0.854. The summed E-state index contributed by atoms with van der Waals surface area (Å²) in [7, 11) is 0. The van der Waals surface area contributed by atoms with Crippen LogP contribution in [0.5, 0.6) is 0 Å². The van der Waals surface area contributed by atoms with Crippen molar-refractivity contribution in [3.63, 3.8) is 0 Å². The summed E-state index contributed by atoms with van der Waals surface area (Å²) in [5, 5.41) is 7.30. The third-order valence-electron chi connectivity index (χ3n) is 1.75. The minimum absolute atomic E-state index is 0.300. The molecule has 0 bridgehead atoms. The lowest BCUT2D eigenvalue weighted by molar-refractivity contribution is -0.136. The molecule has 1 aromatic rings. The summed E-state index contributed by atoms with van der Waals surface area (Å²) in [6, 6.07) is 4.61. The first-order valence-corrected chi connectivity index (χ1v) is 5.52. The van der Waals surface area contributed by atoms with E-state index in [2.05, 4.69) is 0 Å². The van der Waals surface area contributed by atoms with Crippen LogP contribution >= 0.6 is 46.4 Å². The number of carbonyl (C=O) groups is 1. The smallest absolute Gasteiger partial charge is 0.323 e. The van der Waals surface area contributed by atoms with Crippen LogP contribution in [0.15, 0.2) is 18.2 Å². The lowest BCUT2D eigenvalue weighted by Gasteiger charge is -2.14. The van der Waals surface area contributed by atoms with Gasteiger partial charge in [0, 0.05) is 10.0 Å². The van der Waals surface area contributed by atoms with E-state index in [1.54, 1.807) is 12.1 Å². The molecule has 0 unspecified atom stereocenters. The van der Waals surface area contributed by atoms with Crippen LogP contribution in [0.3, 0.4) is 0 Å². The van der Waals surface area contributed by atoms with E-state index in [1.807, 2.05) is 0 Å². The molecule has 1 N–H and O–H groups in total. The van der Waals surface area contributed by atoms with Gasteiger partial charge in [-0.25, -0.2) is 0 Å². The summed E-state index contributed by atoms with van der Waals surface area (Å²) in [6.45, 7) is 0. The molecule has 2 nitrogen and oxygen atoms in total. The average Bonchev–Trinajstić information content (AvgIpc) is 2.15. The number of carboxylic acid groups (broad SMARTS) is 1. The first kappa shape index (κ1) is 12.9. The molecule has 0 saturated heterocycles. The van der Waals surface area contributed by atoms with Crippen molar-refractivity contribution in [1.82, 2.24) is 0 Å². The van der Waals surface area contributed by atoms with Crippen LogP contribution in [-0.2, 0) is 4.79 Å². The van der Waals surface area contributed by atoms with Crippen LogP contribution in [0.1, 0.15) is 10.9 Å². The Morgan fingerprint density at radius 3 is 2.33 bits per heavy atom. The molecule has 0 aliphatic carbocycles. The van der Waals surface area contributed by atoms with Gasteiger partial charge < -0.3 is 5.11 Å². The lowest BCUT2D eigenvalue weighted by Crippen LogP contribution is -2.19. The second kappa shape index (κ2) is 5.26. The third-order valence-corrected chi connectivity index (χ3v) is 3.37. The zero-order chi connectivity index (χ0) is 11.6. The van der Waals surface area contributed by atoms with E-state index in [1.165, 1.54) is 6.07 Å². The van der Waals surface area contributed by atoms with Gasteiger partial charge in [-0.05, 0) is 17.7 Å². The Morgan fingerprint density at radius 2 is 1.87 bits per heavy atom. The number of carboxylic acids is 1. The molecule has 1 aromatic carbocycles. The standard InChI is InChI=1S/C9H6Cl4O2/c10-4-1-2-5(6(11)3-4)7(12)8(13)9(14)15/h1-3,7-8H,(H,14,15)/t7-,8-/m0/s1. The lowest BCUT2D eigenvalue weighted by atomic mass is 10.1. The Morgan fingerprint density at radius 1 is 1.27 bits per heavy atom. The first-order valence-electron chi connectivity index (χ1n) is 3.89. The first-order chi connectivity index (χ1) is 6.93. The van der Waals surface area contributed by atoms with Gasteiger partial charge in [0.05, 0.1) is 5.38 Å². The van der Waals surface area contributed by atoms with Crippen LogP contribution in [0.2, 0.25) is 10.0 Å². The highest BCUT2D eigenvalue weighted by Gasteiger charge is 2.27. The highest BCUT2D eigenvalue weighted by Crippen LogP contribution is 2.34. The molecule has 82 valence electrons. The Balaban J connectivity index is 3.01. The second-order valence-corrected chi connectivity index (χ2v) is 4.59. The van der Waals surface area contributed by atoms with Crippen molar-refractivity contribution in [3.05, 3.63) is 33.8 Å². The Kier molecular flexibility index (Phi) is 4.53. The molecule has 1 rings (SSSR count). The van der Waals surface area contributed by atoms with Crippen molar-refractivity contribution in [2.24, 2.45) is 0 Å². The van der Waals surface area contributed by atoms with E-state index < -0.39 is 16.7 Å². The van der Waals surface area contributed by atoms with Crippen LogP contribution in [0.4, 0.5) is 0 Å². The molecule has 0 heterocycles. The maximum absolute atomic E-state index is 10.6. The highest BCUT2D eigenvalue weighted by molar-refractivity contribution is 6.39. The minimum atomic E-state index is -1.23. The van der Waals surface area contributed by atoms with Gasteiger partial charge in [0.2, 0.25) is 0 Å².